The van der Waals surface area contributed by atoms with Crippen LogP contribution in [0.25, 0.3) is 5.52 Å². The minimum atomic E-state index is -2.14. The van der Waals surface area contributed by atoms with Gasteiger partial charge < -0.3 is 10.2 Å². The van der Waals surface area contributed by atoms with E-state index >= 15 is 0 Å². The van der Waals surface area contributed by atoms with Crippen molar-refractivity contribution in [3.8, 4) is 0 Å². The highest BCUT2D eigenvalue weighted by atomic mass is 31.2. The number of nitrogens with one attached hydrogen (secondary N) is 1. The number of rotatable bonds is 3. The third-order valence-corrected chi connectivity index (χ3v) is 6.66. The third-order valence-electron chi connectivity index (χ3n) is 4.63. The van der Waals surface area contributed by atoms with E-state index in [1.54, 1.807) is 0 Å². The predicted molar refractivity (Wildman–Crippen MR) is 102 cm³/mol. The number of nitrogens with zero attached hydrogens (tertiary/aromatic N) is 4. The van der Waals surface area contributed by atoms with Gasteiger partial charge in [-0.05, 0) is 43.3 Å². The average molecular weight is 354 g/mol. The lowest BCUT2D eigenvalue weighted by atomic mass is 10.2. The van der Waals surface area contributed by atoms with Gasteiger partial charge in [-0.3, -0.25) is 4.57 Å². The van der Waals surface area contributed by atoms with E-state index in [1.165, 1.54) is 0 Å². The molecule has 2 aromatic heterocycles. The van der Waals surface area contributed by atoms with E-state index in [0.29, 0.717) is 18.3 Å². The van der Waals surface area contributed by atoms with Crippen molar-refractivity contribution >= 4 is 30.0 Å². The molecule has 1 N–H and O–H groups in total. The van der Waals surface area contributed by atoms with Crippen LogP contribution in [-0.2, 0) is 4.57 Å². The first-order valence-corrected chi connectivity index (χ1v) is 10.6. The SMILES string of the molecule is [CH2+]P1(=O)CCN(c2ccc(Nc3ncc4ccc(C)n4n3)cc2)CC1. The molecule has 3 heterocycles. The molecule has 6 nitrogen and oxygen atoms in total. The molecule has 1 aromatic carbocycles. The molecule has 0 spiro atoms. The lowest BCUT2D eigenvalue weighted by Crippen LogP contribution is -2.34. The summed E-state index contributed by atoms with van der Waals surface area (Å²) in [5.41, 5.74) is 4.13. The van der Waals surface area contributed by atoms with Crippen molar-refractivity contribution in [2.24, 2.45) is 0 Å². The Morgan fingerprint density at radius 2 is 1.84 bits per heavy atom. The molecule has 128 valence electrons. The van der Waals surface area contributed by atoms with Gasteiger partial charge in [-0.2, -0.15) is 0 Å². The topological polar surface area (TPSA) is 62.5 Å². The van der Waals surface area contributed by atoms with Gasteiger partial charge in [0, 0.05) is 30.2 Å². The Kier molecular flexibility index (Phi) is 3.92. The third kappa shape index (κ3) is 3.35. The molecule has 0 amide bonds. The Bertz CT molecular complexity index is 938. The lowest BCUT2D eigenvalue weighted by molar-refractivity contribution is 0.574. The maximum atomic E-state index is 12.0. The molecule has 1 fully saturated rings. The number of anilines is 3. The van der Waals surface area contributed by atoms with Gasteiger partial charge in [0.25, 0.3) is 0 Å². The summed E-state index contributed by atoms with van der Waals surface area (Å²) in [5.74, 6) is 0.565. The minimum Gasteiger partial charge on any atom is -0.370 e. The van der Waals surface area contributed by atoms with Crippen molar-refractivity contribution in [3.63, 3.8) is 0 Å². The van der Waals surface area contributed by atoms with E-state index in [-0.39, 0.29) is 0 Å². The van der Waals surface area contributed by atoms with Crippen molar-refractivity contribution in [2.75, 3.05) is 35.6 Å². The summed E-state index contributed by atoms with van der Waals surface area (Å²) in [6.07, 6.45) is 3.19. The lowest BCUT2D eigenvalue weighted by Gasteiger charge is -2.29. The quantitative estimate of drug-likeness (QED) is 0.573. The Balaban J connectivity index is 1.48. The fourth-order valence-electron chi connectivity index (χ4n) is 3.06. The molecule has 0 bridgehead atoms. The Morgan fingerprint density at radius 3 is 2.56 bits per heavy atom. The summed E-state index contributed by atoms with van der Waals surface area (Å²) in [7, 11) is -2.14. The number of hydrogen-bond acceptors (Lipinski definition) is 5. The van der Waals surface area contributed by atoms with Crippen molar-refractivity contribution in [3.05, 3.63) is 55.0 Å². The first-order valence-electron chi connectivity index (χ1n) is 8.36. The molecule has 7 heteroatoms. The maximum absolute atomic E-state index is 12.0. The molecule has 0 unspecified atom stereocenters. The van der Waals surface area contributed by atoms with E-state index < -0.39 is 7.14 Å². The Labute approximate surface area is 147 Å². The monoisotopic (exact) mass is 354 g/mol. The second kappa shape index (κ2) is 6.12. The first kappa shape index (κ1) is 16.0. The molecule has 1 aliphatic rings. The van der Waals surface area contributed by atoms with E-state index in [2.05, 4.69) is 39.1 Å². The molecule has 1 aliphatic heterocycles. The highest BCUT2D eigenvalue weighted by Crippen LogP contribution is 2.45. The second-order valence-corrected chi connectivity index (χ2v) is 9.57. The van der Waals surface area contributed by atoms with Crippen LogP contribution in [-0.4, -0.2) is 40.0 Å². The van der Waals surface area contributed by atoms with Crippen LogP contribution in [0.4, 0.5) is 17.3 Å². The number of benzene rings is 1. The van der Waals surface area contributed by atoms with Crippen LogP contribution in [0.2, 0.25) is 0 Å². The summed E-state index contributed by atoms with van der Waals surface area (Å²) < 4.78 is 13.9. The van der Waals surface area contributed by atoms with E-state index in [0.717, 1.165) is 35.7 Å². The molecule has 0 saturated carbocycles. The number of aryl methyl sites for hydroxylation is 1. The molecule has 4 rings (SSSR count). The van der Waals surface area contributed by atoms with Gasteiger partial charge in [0.1, 0.15) is 6.66 Å². The van der Waals surface area contributed by atoms with Gasteiger partial charge in [0.2, 0.25) is 13.1 Å². The van der Waals surface area contributed by atoms with E-state index in [1.807, 2.05) is 41.9 Å². The Hall–Kier alpha value is -2.46. The highest BCUT2D eigenvalue weighted by molar-refractivity contribution is 7.65. The van der Waals surface area contributed by atoms with Crippen molar-refractivity contribution < 1.29 is 4.57 Å². The molecule has 0 radical (unpaired) electrons. The Morgan fingerprint density at radius 1 is 1.12 bits per heavy atom. The zero-order chi connectivity index (χ0) is 17.4. The van der Waals surface area contributed by atoms with Crippen LogP contribution in [0.15, 0.2) is 42.6 Å². The van der Waals surface area contributed by atoms with Crippen LogP contribution in [0.1, 0.15) is 5.69 Å². The van der Waals surface area contributed by atoms with Gasteiger partial charge in [-0.25, -0.2) is 9.50 Å². The molecule has 0 atom stereocenters. The minimum absolute atomic E-state index is 0.565. The smallest absolute Gasteiger partial charge is 0.246 e. The van der Waals surface area contributed by atoms with E-state index in [4.69, 9.17) is 0 Å². The number of hydrogen-bond donors (Lipinski definition) is 1. The number of fused-ring (bicyclic) bond motifs is 1. The second-order valence-electron chi connectivity index (χ2n) is 6.56. The van der Waals surface area contributed by atoms with Crippen LogP contribution >= 0.6 is 7.14 Å². The zero-order valence-electron chi connectivity index (χ0n) is 14.2. The summed E-state index contributed by atoms with van der Waals surface area (Å²) in [6.45, 7) is 7.47. The molecule has 0 aliphatic carbocycles. The van der Waals surface area contributed by atoms with E-state index in [9.17, 15) is 4.57 Å². The van der Waals surface area contributed by atoms with Gasteiger partial charge in [0.05, 0.1) is 24.0 Å². The zero-order valence-corrected chi connectivity index (χ0v) is 15.1. The summed E-state index contributed by atoms with van der Waals surface area (Å²) >= 11 is 0. The largest absolute Gasteiger partial charge is 0.370 e. The fraction of sp³-hybridized carbons (Fsp3) is 0.278. The highest BCUT2D eigenvalue weighted by Gasteiger charge is 2.30. The van der Waals surface area contributed by atoms with Crippen LogP contribution in [0.3, 0.4) is 0 Å². The predicted octanol–water partition coefficient (Wildman–Crippen LogP) is 3.76. The molecule has 3 aromatic rings. The van der Waals surface area contributed by atoms with Crippen molar-refractivity contribution in [1.29, 1.82) is 0 Å². The van der Waals surface area contributed by atoms with Crippen LogP contribution in [0.5, 0.6) is 0 Å². The van der Waals surface area contributed by atoms with Gasteiger partial charge >= 0.3 is 0 Å². The first-order chi connectivity index (χ1) is 12.0. The fourth-order valence-corrected chi connectivity index (χ4v) is 4.50. The summed E-state index contributed by atoms with van der Waals surface area (Å²) in [5, 5.41) is 7.74. The summed E-state index contributed by atoms with van der Waals surface area (Å²) in [4.78, 5) is 6.61. The molecular formula is C18H21N5OP+. The number of aromatic nitrogens is 3. The van der Waals surface area contributed by atoms with Gasteiger partial charge in [0.15, 0.2) is 0 Å². The average Bonchev–Trinajstić information content (AvgIpc) is 2.97. The normalized spacial score (nSPS) is 16.9. The van der Waals surface area contributed by atoms with Crippen molar-refractivity contribution in [1.82, 2.24) is 14.6 Å². The van der Waals surface area contributed by atoms with Gasteiger partial charge in [-0.1, -0.05) is 0 Å². The van der Waals surface area contributed by atoms with Crippen LogP contribution in [0, 0.1) is 13.6 Å². The standard InChI is InChI=1S/C18H21N5OP/c1-14-3-6-17-13-19-18(21-23(14)17)20-15-4-7-16(8-5-15)22-9-11-25(2,24)12-10-22/h3-8,13H,2,9-12H2,1H3,(H,20,21)/q+1. The summed E-state index contributed by atoms with van der Waals surface area (Å²) in [6, 6.07) is 12.2. The molecular weight excluding hydrogens is 333 g/mol. The van der Waals surface area contributed by atoms with Gasteiger partial charge in [-0.15, -0.1) is 5.10 Å². The van der Waals surface area contributed by atoms with Crippen molar-refractivity contribution in [2.45, 2.75) is 6.92 Å². The molecule has 25 heavy (non-hydrogen) atoms. The molecule has 1 saturated heterocycles. The maximum Gasteiger partial charge on any atom is 0.246 e. The van der Waals surface area contributed by atoms with Crippen LogP contribution < -0.4 is 10.2 Å².